The summed E-state index contributed by atoms with van der Waals surface area (Å²) in [5.74, 6) is 0. The van der Waals surface area contributed by atoms with E-state index < -0.39 is 5.60 Å². The van der Waals surface area contributed by atoms with Gasteiger partial charge in [-0.15, -0.1) is 0 Å². The van der Waals surface area contributed by atoms with Crippen molar-refractivity contribution in [2.45, 2.75) is 59.1 Å². The molecule has 1 unspecified atom stereocenters. The lowest BCUT2D eigenvalue weighted by atomic mass is 10.2. The standard InChI is InChI=1S/C12H26N2O2/c1-6-13-10(2)8-7-9-14-11(15)16-12(3,4)5/h10,13H,6-9H2,1-5H3,(H,14,15). The molecule has 1 atom stereocenters. The van der Waals surface area contributed by atoms with E-state index in [4.69, 9.17) is 4.74 Å². The molecular formula is C12H26N2O2. The van der Waals surface area contributed by atoms with E-state index >= 15 is 0 Å². The lowest BCUT2D eigenvalue weighted by molar-refractivity contribution is 0.0526. The minimum absolute atomic E-state index is 0.330. The second-order valence-corrected chi connectivity index (χ2v) is 5.03. The summed E-state index contributed by atoms with van der Waals surface area (Å²) in [5.41, 5.74) is -0.416. The molecule has 0 aliphatic rings. The highest BCUT2D eigenvalue weighted by Gasteiger charge is 2.15. The Balaban J connectivity index is 3.48. The monoisotopic (exact) mass is 230 g/mol. The van der Waals surface area contributed by atoms with Crippen molar-refractivity contribution in [2.75, 3.05) is 13.1 Å². The predicted octanol–water partition coefficient (Wildman–Crippen LogP) is 2.29. The smallest absolute Gasteiger partial charge is 0.407 e. The molecule has 16 heavy (non-hydrogen) atoms. The SMILES string of the molecule is CCNC(C)CCCNC(=O)OC(C)(C)C. The van der Waals surface area contributed by atoms with E-state index in [0.29, 0.717) is 12.6 Å². The number of carbonyl (C=O) groups is 1. The van der Waals surface area contributed by atoms with Gasteiger partial charge in [-0.05, 0) is 47.1 Å². The van der Waals surface area contributed by atoms with Crippen LogP contribution in [-0.4, -0.2) is 30.8 Å². The topological polar surface area (TPSA) is 50.4 Å². The minimum Gasteiger partial charge on any atom is -0.444 e. The Morgan fingerprint density at radius 2 is 2.00 bits per heavy atom. The molecule has 4 heteroatoms. The molecular weight excluding hydrogens is 204 g/mol. The maximum absolute atomic E-state index is 11.3. The molecule has 0 heterocycles. The lowest BCUT2D eigenvalue weighted by Crippen LogP contribution is -2.33. The van der Waals surface area contributed by atoms with Crippen LogP contribution in [0, 0.1) is 0 Å². The average molecular weight is 230 g/mol. The maximum atomic E-state index is 11.3. The quantitative estimate of drug-likeness (QED) is 0.688. The zero-order valence-electron chi connectivity index (χ0n) is 11.2. The molecule has 0 spiro atoms. The Hall–Kier alpha value is -0.770. The van der Waals surface area contributed by atoms with Gasteiger partial charge in [-0.1, -0.05) is 6.92 Å². The van der Waals surface area contributed by atoms with Gasteiger partial charge >= 0.3 is 6.09 Å². The number of nitrogens with one attached hydrogen (secondary N) is 2. The molecule has 1 amide bonds. The molecule has 0 aromatic heterocycles. The fourth-order valence-corrected chi connectivity index (χ4v) is 1.36. The summed E-state index contributed by atoms with van der Waals surface area (Å²) in [4.78, 5) is 11.3. The van der Waals surface area contributed by atoms with Crippen molar-refractivity contribution in [1.29, 1.82) is 0 Å². The highest BCUT2D eigenvalue weighted by Crippen LogP contribution is 2.06. The third-order valence-electron chi connectivity index (χ3n) is 2.03. The zero-order chi connectivity index (χ0) is 12.6. The summed E-state index contributed by atoms with van der Waals surface area (Å²) >= 11 is 0. The van der Waals surface area contributed by atoms with Crippen molar-refractivity contribution in [1.82, 2.24) is 10.6 Å². The first-order chi connectivity index (χ1) is 7.35. The molecule has 0 aromatic carbocycles. The summed E-state index contributed by atoms with van der Waals surface area (Å²) < 4.78 is 5.13. The molecule has 0 fully saturated rings. The predicted molar refractivity (Wildman–Crippen MR) is 66.6 cm³/mol. The second-order valence-electron chi connectivity index (χ2n) is 5.03. The van der Waals surface area contributed by atoms with Crippen LogP contribution in [0.25, 0.3) is 0 Å². The van der Waals surface area contributed by atoms with E-state index in [1.165, 1.54) is 0 Å². The number of amides is 1. The average Bonchev–Trinajstić information content (AvgIpc) is 2.10. The van der Waals surface area contributed by atoms with E-state index in [9.17, 15) is 4.79 Å². The van der Waals surface area contributed by atoms with Crippen LogP contribution >= 0.6 is 0 Å². The van der Waals surface area contributed by atoms with Crippen molar-refractivity contribution >= 4 is 6.09 Å². The van der Waals surface area contributed by atoms with Crippen LogP contribution in [0.3, 0.4) is 0 Å². The minimum atomic E-state index is -0.416. The Kier molecular flexibility index (Phi) is 7.13. The number of rotatable bonds is 6. The molecule has 0 bridgehead atoms. The molecule has 0 aliphatic carbocycles. The number of ether oxygens (including phenoxy) is 1. The van der Waals surface area contributed by atoms with E-state index in [2.05, 4.69) is 24.5 Å². The molecule has 0 aromatic rings. The van der Waals surface area contributed by atoms with E-state index in [1.54, 1.807) is 0 Å². The normalized spacial score (nSPS) is 13.3. The Morgan fingerprint density at radius 1 is 1.38 bits per heavy atom. The Bertz CT molecular complexity index is 200. The van der Waals surface area contributed by atoms with E-state index in [-0.39, 0.29) is 6.09 Å². The van der Waals surface area contributed by atoms with Crippen LogP contribution < -0.4 is 10.6 Å². The van der Waals surface area contributed by atoms with E-state index in [0.717, 1.165) is 19.4 Å². The Morgan fingerprint density at radius 3 is 2.50 bits per heavy atom. The molecule has 96 valence electrons. The third kappa shape index (κ3) is 9.77. The van der Waals surface area contributed by atoms with Gasteiger partial charge < -0.3 is 15.4 Å². The largest absolute Gasteiger partial charge is 0.444 e. The van der Waals surface area contributed by atoms with Gasteiger partial charge in [-0.25, -0.2) is 4.79 Å². The van der Waals surface area contributed by atoms with Crippen molar-refractivity contribution in [3.63, 3.8) is 0 Å². The van der Waals surface area contributed by atoms with Gasteiger partial charge in [0.05, 0.1) is 0 Å². The number of alkyl carbamates (subject to hydrolysis) is 1. The van der Waals surface area contributed by atoms with Gasteiger partial charge in [0.25, 0.3) is 0 Å². The maximum Gasteiger partial charge on any atom is 0.407 e. The van der Waals surface area contributed by atoms with Gasteiger partial charge in [-0.3, -0.25) is 0 Å². The van der Waals surface area contributed by atoms with Gasteiger partial charge in [0, 0.05) is 12.6 Å². The van der Waals surface area contributed by atoms with Crippen LogP contribution in [0.2, 0.25) is 0 Å². The van der Waals surface area contributed by atoms with Crippen LogP contribution in [0.5, 0.6) is 0 Å². The first-order valence-electron chi connectivity index (χ1n) is 6.05. The number of hydrogen-bond acceptors (Lipinski definition) is 3. The summed E-state index contributed by atoms with van der Waals surface area (Å²) in [6.45, 7) is 11.5. The summed E-state index contributed by atoms with van der Waals surface area (Å²) in [7, 11) is 0. The van der Waals surface area contributed by atoms with Crippen molar-refractivity contribution < 1.29 is 9.53 Å². The van der Waals surface area contributed by atoms with Crippen molar-refractivity contribution in [3.05, 3.63) is 0 Å². The second kappa shape index (κ2) is 7.49. The fraction of sp³-hybridized carbons (Fsp3) is 0.917. The number of hydrogen-bond donors (Lipinski definition) is 2. The van der Waals surface area contributed by atoms with Crippen LogP contribution in [0.1, 0.15) is 47.5 Å². The first kappa shape index (κ1) is 15.2. The first-order valence-corrected chi connectivity index (χ1v) is 6.05. The molecule has 0 aliphatic heterocycles. The third-order valence-corrected chi connectivity index (χ3v) is 2.03. The van der Waals surface area contributed by atoms with Gasteiger partial charge in [0.15, 0.2) is 0 Å². The van der Waals surface area contributed by atoms with Gasteiger partial charge in [-0.2, -0.15) is 0 Å². The van der Waals surface area contributed by atoms with Gasteiger partial charge in [0.1, 0.15) is 5.60 Å². The highest BCUT2D eigenvalue weighted by molar-refractivity contribution is 5.67. The molecule has 4 nitrogen and oxygen atoms in total. The molecule has 0 saturated heterocycles. The fourth-order valence-electron chi connectivity index (χ4n) is 1.36. The van der Waals surface area contributed by atoms with Crippen molar-refractivity contribution in [3.8, 4) is 0 Å². The summed E-state index contributed by atoms with van der Waals surface area (Å²) in [6, 6.07) is 0.505. The Labute approximate surface area is 99.1 Å². The molecule has 2 N–H and O–H groups in total. The zero-order valence-corrected chi connectivity index (χ0v) is 11.2. The van der Waals surface area contributed by atoms with Crippen LogP contribution in [0.4, 0.5) is 4.79 Å². The molecule has 0 radical (unpaired) electrons. The lowest BCUT2D eigenvalue weighted by Gasteiger charge is -2.20. The van der Waals surface area contributed by atoms with Crippen LogP contribution in [0.15, 0.2) is 0 Å². The van der Waals surface area contributed by atoms with E-state index in [1.807, 2.05) is 20.8 Å². The molecule has 0 saturated carbocycles. The van der Waals surface area contributed by atoms with Crippen LogP contribution in [-0.2, 0) is 4.74 Å². The van der Waals surface area contributed by atoms with Gasteiger partial charge in [0.2, 0.25) is 0 Å². The number of carbonyl (C=O) groups excluding carboxylic acids is 1. The summed E-state index contributed by atoms with van der Waals surface area (Å²) in [5, 5.41) is 6.08. The summed E-state index contributed by atoms with van der Waals surface area (Å²) in [6.07, 6.45) is 1.69. The van der Waals surface area contributed by atoms with Crippen molar-refractivity contribution in [2.24, 2.45) is 0 Å². The highest BCUT2D eigenvalue weighted by atomic mass is 16.6. The molecule has 0 rings (SSSR count).